The standard InChI is InChI=1S/C19H27N3O3/c1-19(2,3)18(25)20-12-6-9-16(23)22-15-8-5-4-7-14(15)17(24)21-13-10-11-13/h4-5,7-8,13H,6,9-12H2,1-3H3,(H,20,25)(H,21,24)(H,22,23). The molecule has 3 amide bonds. The third kappa shape index (κ3) is 6.21. The van der Waals surface area contributed by atoms with E-state index < -0.39 is 5.41 Å². The smallest absolute Gasteiger partial charge is 0.253 e. The molecule has 1 aromatic carbocycles. The summed E-state index contributed by atoms with van der Waals surface area (Å²) in [5.74, 6) is -0.359. The number of rotatable bonds is 7. The zero-order chi connectivity index (χ0) is 18.4. The van der Waals surface area contributed by atoms with E-state index in [-0.39, 0.29) is 30.2 Å². The van der Waals surface area contributed by atoms with E-state index in [1.54, 1.807) is 24.3 Å². The molecule has 3 N–H and O–H groups in total. The number of anilines is 1. The maximum atomic E-state index is 12.2. The summed E-state index contributed by atoms with van der Waals surface area (Å²) in [5, 5.41) is 8.53. The first-order valence-corrected chi connectivity index (χ1v) is 8.75. The van der Waals surface area contributed by atoms with Crippen LogP contribution in [-0.4, -0.2) is 30.3 Å². The van der Waals surface area contributed by atoms with Crippen molar-refractivity contribution in [2.75, 3.05) is 11.9 Å². The Morgan fingerprint density at radius 2 is 1.80 bits per heavy atom. The van der Waals surface area contributed by atoms with E-state index in [1.165, 1.54) is 0 Å². The minimum atomic E-state index is -0.434. The maximum Gasteiger partial charge on any atom is 0.253 e. The lowest BCUT2D eigenvalue weighted by Crippen LogP contribution is -2.35. The molecule has 0 saturated heterocycles. The van der Waals surface area contributed by atoms with Crippen molar-refractivity contribution in [2.45, 2.75) is 52.5 Å². The minimum absolute atomic E-state index is 0.0324. The summed E-state index contributed by atoms with van der Waals surface area (Å²) in [7, 11) is 0. The lowest BCUT2D eigenvalue weighted by molar-refractivity contribution is -0.128. The van der Waals surface area contributed by atoms with E-state index >= 15 is 0 Å². The van der Waals surface area contributed by atoms with E-state index in [0.29, 0.717) is 24.2 Å². The van der Waals surface area contributed by atoms with Crippen LogP contribution in [0.5, 0.6) is 0 Å². The van der Waals surface area contributed by atoms with Crippen molar-refractivity contribution in [3.05, 3.63) is 29.8 Å². The van der Waals surface area contributed by atoms with Crippen molar-refractivity contribution < 1.29 is 14.4 Å². The van der Waals surface area contributed by atoms with Gasteiger partial charge in [-0.1, -0.05) is 32.9 Å². The quantitative estimate of drug-likeness (QED) is 0.663. The van der Waals surface area contributed by atoms with Gasteiger partial charge in [0, 0.05) is 24.4 Å². The van der Waals surface area contributed by atoms with Gasteiger partial charge in [-0.3, -0.25) is 14.4 Å². The summed E-state index contributed by atoms with van der Waals surface area (Å²) in [5.41, 5.74) is 0.559. The molecule has 0 aromatic heterocycles. The fraction of sp³-hybridized carbons (Fsp3) is 0.526. The van der Waals surface area contributed by atoms with E-state index in [1.807, 2.05) is 20.8 Å². The van der Waals surface area contributed by atoms with Gasteiger partial charge in [-0.05, 0) is 31.4 Å². The van der Waals surface area contributed by atoms with Crippen molar-refractivity contribution >= 4 is 23.4 Å². The van der Waals surface area contributed by atoms with E-state index in [4.69, 9.17) is 0 Å². The predicted octanol–water partition coefficient (Wildman–Crippen LogP) is 2.46. The van der Waals surface area contributed by atoms with Gasteiger partial charge in [-0.15, -0.1) is 0 Å². The molecule has 6 nitrogen and oxygen atoms in total. The largest absolute Gasteiger partial charge is 0.356 e. The van der Waals surface area contributed by atoms with E-state index in [0.717, 1.165) is 12.8 Å². The Balaban J connectivity index is 1.80. The highest BCUT2D eigenvalue weighted by molar-refractivity contribution is 6.03. The highest BCUT2D eigenvalue weighted by atomic mass is 16.2. The molecule has 0 unspecified atom stereocenters. The van der Waals surface area contributed by atoms with Crippen LogP contribution in [0, 0.1) is 5.41 Å². The van der Waals surface area contributed by atoms with Gasteiger partial charge < -0.3 is 16.0 Å². The van der Waals surface area contributed by atoms with Gasteiger partial charge in [0.05, 0.1) is 11.3 Å². The molecule has 1 aliphatic carbocycles. The third-order valence-electron chi connectivity index (χ3n) is 3.91. The lowest BCUT2D eigenvalue weighted by atomic mass is 9.96. The molecule has 0 atom stereocenters. The number of hydrogen-bond donors (Lipinski definition) is 3. The van der Waals surface area contributed by atoms with Crippen LogP contribution in [0.2, 0.25) is 0 Å². The zero-order valence-corrected chi connectivity index (χ0v) is 15.1. The Bertz CT molecular complexity index is 646. The number of carbonyl (C=O) groups is 3. The number of hydrogen-bond acceptors (Lipinski definition) is 3. The number of para-hydroxylation sites is 1. The van der Waals surface area contributed by atoms with Gasteiger partial charge in [0.25, 0.3) is 5.91 Å². The fourth-order valence-corrected chi connectivity index (χ4v) is 2.21. The molecule has 0 aliphatic heterocycles. The molecule has 0 radical (unpaired) electrons. The molecule has 1 fully saturated rings. The van der Waals surface area contributed by atoms with Crippen LogP contribution in [0.3, 0.4) is 0 Å². The molecule has 0 spiro atoms. The first-order chi connectivity index (χ1) is 11.8. The predicted molar refractivity (Wildman–Crippen MR) is 97.3 cm³/mol. The monoisotopic (exact) mass is 345 g/mol. The molecule has 1 saturated carbocycles. The van der Waals surface area contributed by atoms with Crippen molar-refractivity contribution in [3.63, 3.8) is 0 Å². The highest BCUT2D eigenvalue weighted by Gasteiger charge is 2.25. The Kier molecular flexibility index (Phi) is 6.17. The van der Waals surface area contributed by atoms with Gasteiger partial charge in [-0.2, -0.15) is 0 Å². The van der Waals surface area contributed by atoms with Crippen LogP contribution >= 0.6 is 0 Å². The first kappa shape index (κ1) is 19.0. The first-order valence-electron chi connectivity index (χ1n) is 8.75. The van der Waals surface area contributed by atoms with Crippen LogP contribution < -0.4 is 16.0 Å². The number of nitrogens with one attached hydrogen (secondary N) is 3. The minimum Gasteiger partial charge on any atom is -0.356 e. The van der Waals surface area contributed by atoms with Gasteiger partial charge in [0.15, 0.2) is 0 Å². The molecule has 0 bridgehead atoms. The second-order valence-corrected chi connectivity index (χ2v) is 7.45. The van der Waals surface area contributed by atoms with Gasteiger partial charge in [-0.25, -0.2) is 0 Å². The summed E-state index contributed by atoms with van der Waals surface area (Å²) in [6.45, 7) is 5.99. The van der Waals surface area contributed by atoms with E-state index in [2.05, 4.69) is 16.0 Å². The van der Waals surface area contributed by atoms with E-state index in [9.17, 15) is 14.4 Å². The Hall–Kier alpha value is -2.37. The average Bonchev–Trinajstić information content (AvgIpc) is 3.34. The van der Waals surface area contributed by atoms with Crippen LogP contribution in [0.25, 0.3) is 0 Å². The number of amides is 3. The van der Waals surface area contributed by atoms with Crippen LogP contribution in [0.15, 0.2) is 24.3 Å². The Morgan fingerprint density at radius 3 is 2.44 bits per heavy atom. The normalized spacial score (nSPS) is 13.9. The summed E-state index contributed by atoms with van der Waals surface area (Å²) in [6, 6.07) is 7.26. The van der Waals surface area contributed by atoms with Gasteiger partial charge in [0.1, 0.15) is 0 Å². The average molecular weight is 345 g/mol. The highest BCUT2D eigenvalue weighted by Crippen LogP contribution is 2.21. The van der Waals surface area contributed by atoms with Crippen LogP contribution in [0.1, 0.15) is 56.8 Å². The molecule has 2 rings (SSSR count). The molecule has 25 heavy (non-hydrogen) atoms. The molecule has 136 valence electrons. The topological polar surface area (TPSA) is 87.3 Å². The second kappa shape index (κ2) is 8.14. The van der Waals surface area contributed by atoms with Crippen molar-refractivity contribution in [2.24, 2.45) is 5.41 Å². The summed E-state index contributed by atoms with van der Waals surface area (Å²) in [6.07, 6.45) is 2.86. The van der Waals surface area contributed by atoms with Crippen molar-refractivity contribution in [1.82, 2.24) is 10.6 Å². The summed E-state index contributed by atoms with van der Waals surface area (Å²) < 4.78 is 0. The summed E-state index contributed by atoms with van der Waals surface area (Å²) >= 11 is 0. The second-order valence-electron chi connectivity index (χ2n) is 7.45. The molecule has 1 aliphatic rings. The zero-order valence-electron chi connectivity index (χ0n) is 15.1. The number of carbonyl (C=O) groups excluding carboxylic acids is 3. The third-order valence-corrected chi connectivity index (χ3v) is 3.91. The molecule has 6 heteroatoms. The molecule has 1 aromatic rings. The SMILES string of the molecule is CC(C)(C)C(=O)NCCCC(=O)Nc1ccccc1C(=O)NC1CC1. The lowest BCUT2D eigenvalue weighted by Gasteiger charge is -2.17. The fourth-order valence-electron chi connectivity index (χ4n) is 2.21. The Morgan fingerprint density at radius 1 is 1.12 bits per heavy atom. The van der Waals surface area contributed by atoms with Crippen LogP contribution in [-0.2, 0) is 9.59 Å². The molecular formula is C19H27N3O3. The Labute approximate surface area is 148 Å². The number of benzene rings is 1. The van der Waals surface area contributed by atoms with Gasteiger partial charge in [0.2, 0.25) is 11.8 Å². The maximum absolute atomic E-state index is 12.2. The van der Waals surface area contributed by atoms with Crippen molar-refractivity contribution in [3.8, 4) is 0 Å². The molecule has 0 heterocycles. The molecular weight excluding hydrogens is 318 g/mol. The van der Waals surface area contributed by atoms with Crippen molar-refractivity contribution in [1.29, 1.82) is 0 Å². The van der Waals surface area contributed by atoms with Crippen LogP contribution in [0.4, 0.5) is 5.69 Å². The van der Waals surface area contributed by atoms with Gasteiger partial charge >= 0.3 is 0 Å². The summed E-state index contributed by atoms with van der Waals surface area (Å²) in [4.78, 5) is 36.1.